The van der Waals surface area contributed by atoms with E-state index in [1.807, 2.05) is 25.1 Å². The average molecular weight is 409 g/mol. The number of aryl methyl sites for hydroxylation is 1. The van der Waals surface area contributed by atoms with Crippen LogP contribution in [0.3, 0.4) is 0 Å². The molecule has 1 aliphatic carbocycles. The van der Waals surface area contributed by atoms with Gasteiger partial charge in [0.05, 0.1) is 18.4 Å². The summed E-state index contributed by atoms with van der Waals surface area (Å²) in [5.41, 5.74) is 3.35. The molecule has 3 aromatic rings. The number of anilines is 1. The fourth-order valence-electron chi connectivity index (χ4n) is 3.63. The van der Waals surface area contributed by atoms with Crippen LogP contribution in [-0.4, -0.2) is 11.8 Å². The zero-order chi connectivity index (χ0) is 20.4. The van der Waals surface area contributed by atoms with E-state index in [2.05, 4.69) is 17.6 Å². The Balaban J connectivity index is 1.60. The van der Waals surface area contributed by atoms with Gasteiger partial charge in [0.25, 0.3) is 11.8 Å². The lowest BCUT2D eigenvalue weighted by atomic mass is 9.88. The van der Waals surface area contributed by atoms with E-state index < -0.39 is 0 Å². The number of hydrogen-bond acceptors (Lipinski definition) is 4. The smallest absolute Gasteiger partial charge is 0.256 e. The van der Waals surface area contributed by atoms with Crippen molar-refractivity contribution in [3.63, 3.8) is 0 Å². The number of fused-ring (bicyclic) bond motifs is 1. The number of amides is 2. The molecule has 0 saturated carbocycles. The van der Waals surface area contributed by atoms with Crippen LogP contribution in [0.1, 0.15) is 55.8 Å². The van der Waals surface area contributed by atoms with Gasteiger partial charge in [-0.2, -0.15) is 0 Å². The Morgan fingerprint density at radius 2 is 1.97 bits per heavy atom. The van der Waals surface area contributed by atoms with Crippen molar-refractivity contribution in [2.24, 2.45) is 5.92 Å². The Morgan fingerprint density at radius 3 is 2.69 bits per heavy atom. The van der Waals surface area contributed by atoms with E-state index in [0.717, 1.165) is 30.4 Å². The molecule has 0 bridgehead atoms. The van der Waals surface area contributed by atoms with Crippen molar-refractivity contribution in [3.05, 3.63) is 75.6 Å². The molecule has 0 spiro atoms. The lowest BCUT2D eigenvalue weighted by Gasteiger charge is -2.18. The third-order valence-electron chi connectivity index (χ3n) is 5.28. The van der Waals surface area contributed by atoms with Gasteiger partial charge in [-0.05, 0) is 61.9 Å². The first kappa shape index (κ1) is 19.5. The highest BCUT2D eigenvalue weighted by molar-refractivity contribution is 7.17. The summed E-state index contributed by atoms with van der Waals surface area (Å²) in [5.74, 6) is 0.909. The summed E-state index contributed by atoms with van der Waals surface area (Å²) in [6.45, 7) is 4.53. The molecule has 2 amide bonds. The standard InChI is InChI=1S/C23H24N2O3S/c1-14-5-8-16(9-6-14)21(26)25-23-20(18-10-7-15(2)12-19(18)29-23)22(27)24-13-17-4-3-11-28-17/h3-6,8-9,11,15H,7,10,12-13H2,1-2H3,(H,24,27)(H,25,26)/t15-/m0/s1. The van der Waals surface area contributed by atoms with Crippen molar-refractivity contribution in [2.45, 2.75) is 39.7 Å². The second-order valence-corrected chi connectivity index (χ2v) is 8.74. The Labute approximate surface area is 174 Å². The quantitative estimate of drug-likeness (QED) is 0.627. The van der Waals surface area contributed by atoms with Crippen molar-refractivity contribution in [1.82, 2.24) is 5.32 Å². The van der Waals surface area contributed by atoms with Gasteiger partial charge in [0.2, 0.25) is 0 Å². The van der Waals surface area contributed by atoms with Crippen LogP contribution in [0.5, 0.6) is 0 Å². The van der Waals surface area contributed by atoms with Crippen molar-refractivity contribution >= 4 is 28.2 Å². The van der Waals surface area contributed by atoms with Crippen LogP contribution in [0, 0.1) is 12.8 Å². The predicted molar refractivity (Wildman–Crippen MR) is 115 cm³/mol. The summed E-state index contributed by atoms with van der Waals surface area (Å²) in [5, 5.41) is 6.55. The van der Waals surface area contributed by atoms with E-state index in [-0.39, 0.29) is 11.8 Å². The Hall–Kier alpha value is -2.86. The van der Waals surface area contributed by atoms with E-state index in [4.69, 9.17) is 4.42 Å². The first-order valence-electron chi connectivity index (χ1n) is 9.84. The van der Waals surface area contributed by atoms with Crippen molar-refractivity contribution in [2.75, 3.05) is 5.32 Å². The number of nitrogens with one attached hydrogen (secondary N) is 2. The SMILES string of the molecule is Cc1ccc(C(=O)Nc2sc3c(c2C(=O)NCc2ccco2)CC[C@H](C)C3)cc1. The molecule has 2 heterocycles. The second kappa shape index (κ2) is 8.25. The van der Waals surface area contributed by atoms with Gasteiger partial charge in [0.1, 0.15) is 10.8 Å². The van der Waals surface area contributed by atoms with Crippen LogP contribution in [0.4, 0.5) is 5.00 Å². The lowest BCUT2D eigenvalue weighted by molar-refractivity contribution is 0.0948. The molecule has 0 aliphatic heterocycles. The van der Waals surface area contributed by atoms with E-state index >= 15 is 0 Å². The molecular formula is C23H24N2O3S. The number of furan rings is 1. The molecule has 1 atom stereocenters. The second-order valence-electron chi connectivity index (χ2n) is 7.64. The molecule has 1 aromatic carbocycles. The number of carbonyl (C=O) groups is 2. The number of carbonyl (C=O) groups excluding carboxylic acids is 2. The summed E-state index contributed by atoms with van der Waals surface area (Å²) < 4.78 is 5.31. The third kappa shape index (κ3) is 4.27. The molecule has 1 aliphatic rings. The average Bonchev–Trinajstić information content (AvgIpc) is 3.33. The van der Waals surface area contributed by atoms with Gasteiger partial charge in [-0.15, -0.1) is 11.3 Å². The molecule has 0 unspecified atom stereocenters. The van der Waals surface area contributed by atoms with Crippen LogP contribution in [-0.2, 0) is 19.4 Å². The zero-order valence-corrected chi connectivity index (χ0v) is 17.4. The molecule has 0 fully saturated rings. The van der Waals surface area contributed by atoms with Gasteiger partial charge in [-0.25, -0.2) is 0 Å². The summed E-state index contributed by atoms with van der Waals surface area (Å²) in [7, 11) is 0. The molecule has 0 radical (unpaired) electrons. The summed E-state index contributed by atoms with van der Waals surface area (Å²) in [6, 6.07) is 11.0. The van der Waals surface area contributed by atoms with Gasteiger partial charge in [0, 0.05) is 10.4 Å². The Bertz CT molecular complexity index is 1020. The maximum Gasteiger partial charge on any atom is 0.256 e. The minimum Gasteiger partial charge on any atom is -0.467 e. The summed E-state index contributed by atoms with van der Waals surface area (Å²) in [4.78, 5) is 27.0. The third-order valence-corrected chi connectivity index (χ3v) is 6.45. The zero-order valence-electron chi connectivity index (χ0n) is 16.6. The number of thiophene rings is 1. The summed E-state index contributed by atoms with van der Waals surface area (Å²) in [6.07, 6.45) is 4.44. The van der Waals surface area contributed by atoms with Gasteiger partial charge >= 0.3 is 0 Å². The molecule has 29 heavy (non-hydrogen) atoms. The van der Waals surface area contributed by atoms with Crippen molar-refractivity contribution in [1.29, 1.82) is 0 Å². The summed E-state index contributed by atoms with van der Waals surface area (Å²) >= 11 is 1.53. The highest BCUT2D eigenvalue weighted by atomic mass is 32.1. The van der Waals surface area contributed by atoms with Gasteiger partial charge in [0.15, 0.2) is 0 Å². The minimum absolute atomic E-state index is 0.173. The molecular weight excluding hydrogens is 384 g/mol. The molecule has 2 aromatic heterocycles. The molecule has 0 saturated heterocycles. The van der Waals surface area contributed by atoms with E-state index in [1.165, 1.54) is 16.2 Å². The molecule has 4 rings (SSSR count). The predicted octanol–water partition coefficient (Wildman–Crippen LogP) is 4.96. The highest BCUT2D eigenvalue weighted by Gasteiger charge is 2.28. The van der Waals surface area contributed by atoms with Crippen molar-refractivity contribution < 1.29 is 14.0 Å². The molecule has 6 heteroatoms. The monoisotopic (exact) mass is 408 g/mol. The van der Waals surface area contributed by atoms with Crippen LogP contribution in [0.15, 0.2) is 47.1 Å². The van der Waals surface area contributed by atoms with Crippen molar-refractivity contribution in [3.8, 4) is 0 Å². The largest absolute Gasteiger partial charge is 0.467 e. The normalized spacial score (nSPS) is 15.6. The van der Waals surface area contributed by atoms with Crippen LogP contribution >= 0.6 is 11.3 Å². The first-order valence-corrected chi connectivity index (χ1v) is 10.7. The number of benzene rings is 1. The van der Waals surface area contributed by atoms with E-state index in [0.29, 0.717) is 34.4 Å². The minimum atomic E-state index is -0.197. The maximum absolute atomic E-state index is 13.0. The van der Waals surface area contributed by atoms with Crippen LogP contribution in [0.2, 0.25) is 0 Å². The van der Waals surface area contributed by atoms with Gasteiger partial charge in [-0.3, -0.25) is 9.59 Å². The van der Waals surface area contributed by atoms with Gasteiger partial charge < -0.3 is 15.1 Å². The van der Waals surface area contributed by atoms with E-state index in [9.17, 15) is 9.59 Å². The molecule has 5 nitrogen and oxygen atoms in total. The molecule has 2 N–H and O–H groups in total. The maximum atomic E-state index is 13.0. The van der Waals surface area contributed by atoms with Crippen LogP contribution < -0.4 is 10.6 Å². The molecule has 150 valence electrons. The first-order chi connectivity index (χ1) is 14.0. The lowest BCUT2D eigenvalue weighted by Crippen LogP contribution is -2.25. The van der Waals surface area contributed by atoms with E-state index in [1.54, 1.807) is 24.5 Å². The topological polar surface area (TPSA) is 71.3 Å². The van der Waals surface area contributed by atoms with Crippen LogP contribution in [0.25, 0.3) is 0 Å². The number of rotatable bonds is 5. The Kier molecular flexibility index (Phi) is 5.53. The number of hydrogen-bond donors (Lipinski definition) is 2. The fraction of sp³-hybridized carbons (Fsp3) is 0.304. The van der Waals surface area contributed by atoms with Gasteiger partial charge in [-0.1, -0.05) is 24.6 Å². The Morgan fingerprint density at radius 1 is 1.17 bits per heavy atom. The highest BCUT2D eigenvalue weighted by Crippen LogP contribution is 2.39. The fourth-order valence-corrected chi connectivity index (χ4v) is 5.03.